The molecule has 0 atom stereocenters. The minimum Gasteiger partial charge on any atom is -0.456 e. The molecule has 0 aliphatic heterocycles. The number of carbonyl (C=O) groups is 3. The maximum Gasteiger partial charge on any atom is 0.306 e. The van der Waals surface area contributed by atoms with Crippen LogP contribution in [0.1, 0.15) is 23.2 Å². The molecule has 0 fully saturated rings. The van der Waals surface area contributed by atoms with E-state index in [9.17, 15) is 14.4 Å². The first kappa shape index (κ1) is 21.7. The standard InChI is InChI=1S/C20H17BrN2O4S/c21-15-7-5-14(6-8-15)17(24)9-10-20(26)27-13-19(25)23-16-3-1-2-4-18(16)28-12-11-22/h1-8H,9-10,12-13H2,(H,23,25). The second kappa shape index (κ2) is 11.3. The minimum atomic E-state index is -0.618. The molecule has 0 aliphatic rings. The van der Waals surface area contributed by atoms with Crippen molar-refractivity contribution in [3.63, 3.8) is 0 Å². The van der Waals surface area contributed by atoms with Gasteiger partial charge in [0.2, 0.25) is 0 Å². The Morgan fingerprint density at radius 3 is 2.50 bits per heavy atom. The Bertz CT molecular complexity index is 894. The fraction of sp³-hybridized carbons (Fsp3) is 0.200. The van der Waals surface area contributed by atoms with Crippen LogP contribution >= 0.6 is 27.7 Å². The fourth-order valence-electron chi connectivity index (χ4n) is 2.21. The maximum absolute atomic E-state index is 12.0. The lowest BCUT2D eigenvalue weighted by atomic mass is 10.1. The average molecular weight is 461 g/mol. The van der Waals surface area contributed by atoms with E-state index < -0.39 is 18.5 Å². The molecule has 6 nitrogen and oxygen atoms in total. The molecule has 0 heterocycles. The molecular weight excluding hydrogens is 444 g/mol. The van der Waals surface area contributed by atoms with Crippen LogP contribution in [0.15, 0.2) is 57.9 Å². The Morgan fingerprint density at radius 2 is 1.79 bits per heavy atom. The van der Waals surface area contributed by atoms with E-state index in [2.05, 4.69) is 21.2 Å². The van der Waals surface area contributed by atoms with Gasteiger partial charge in [-0.1, -0.05) is 40.2 Å². The molecule has 0 saturated heterocycles. The molecule has 2 aromatic rings. The van der Waals surface area contributed by atoms with Gasteiger partial charge < -0.3 is 10.1 Å². The lowest BCUT2D eigenvalue weighted by Crippen LogP contribution is -2.21. The van der Waals surface area contributed by atoms with Crippen LogP contribution in [0.3, 0.4) is 0 Å². The number of amides is 1. The van der Waals surface area contributed by atoms with Crippen molar-refractivity contribution >= 4 is 51.0 Å². The summed E-state index contributed by atoms with van der Waals surface area (Å²) in [4.78, 5) is 36.6. The van der Waals surface area contributed by atoms with Crippen LogP contribution in [0, 0.1) is 11.3 Å². The van der Waals surface area contributed by atoms with E-state index in [-0.39, 0.29) is 24.4 Å². The normalized spacial score (nSPS) is 10.0. The predicted octanol–water partition coefficient (Wildman–Crippen LogP) is 4.21. The first-order valence-electron chi connectivity index (χ1n) is 8.32. The van der Waals surface area contributed by atoms with Gasteiger partial charge in [-0.25, -0.2) is 0 Å². The quantitative estimate of drug-likeness (QED) is 0.342. The average Bonchev–Trinajstić information content (AvgIpc) is 2.70. The van der Waals surface area contributed by atoms with Gasteiger partial charge in [0.15, 0.2) is 12.4 Å². The summed E-state index contributed by atoms with van der Waals surface area (Å²) in [7, 11) is 0. The zero-order chi connectivity index (χ0) is 20.4. The van der Waals surface area contributed by atoms with E-state index in [1.807, 2.05) is 6.07 Å². The SMILES string of the molecule is N#CCSc1ccccc1NC(=O)COC(=O)CCC(=O)c1ccc(Br)cc1. The number of para-hydroxylation sites is 1. The van der Waals surface area contributed by atoms with Gasteiger partial charge in [0.25, 0.3) is 5.91 Å². The Morgan fingerprint density at radius 1 is 1.07 bits per heavy atom. The van der Waals surface area contributed by atoms with E-state index in [0.29, 0.717) is 11.3 Å². The van der Waals surface area contributed by atoms with Crippen molar-refractivity contribution < 1.29 is 19.1 Å². The van der Waals surface area contributed by atoms with Crippen LogP contribution < -0.4 is 5.32 Å². The number of anilines is 1. The van der Waals surface area contributed by atoms with Gasteiger partial charge in [-0.2, -0.15) is 5.26 Å². The van der Waals surface area contributed by atoms with E-state index >= 15 is 0 Å². The van der Waals surface area contributed by atoms with E-state index in [0.717, 1.165) is 9.37 Å². The summed E-state index contributed by atoms with van der Waals surface area (Å²) in [6, 6.07) is 15.9. The molecule has 1 amide bonds. The van der Waals surface area contributed by atoms with Gasteiger partial charge in [-0.15, -0.1) is 11.8 Å². The van der Waals surface area contributed by atoms with Gasteiger partial charge >= 0.3 is 5.97 Å². The van der Waals surface area contributed by atoms with Gasteiger partial charge in [0.1, 0.15) is 0 Å². The van der Waals surface area contributed by atoms with Crippen molar-refractivity contribution in [2.24, 2.45) is 0 Å². The van der Waals surface area contributed by atoms with Crippen molar-refractivity contribution in [1.29, 1.82) is 5.26 Å². The van der Waals surface area contributed by atoms with Crippen LogP contribution in [0.2, 0.25) is 0 Å². The largest absolute Gasteiger partial charge is 0.456 e. The van der Waals surface area contributed by atoms with Gasteiger partial charge in [0.05, 0.1) is 23.9 Å². The molecule has 2 rings (SSSR count). The number of hydrogen-bond acceptors (Lipinski definition) is 6. The molecule has 0 spiro atoms. The summed E-state index contributed by atoms with van der Waals surface area (Å²) in [5.74, 6) is -1.02. The second-order valence-electron chi connectivity index (χ2n) is 5.58. The molecule has 8 heteroatoms. The number of benzene rings is 2. The number of esters is 1. The van der Waals surface area contributed by atoms with E-state index in [4.69, 9.17) is 10.00 Å². The molecule has 28 heavy (non-hydrogen) atoms. The molecule has 144 valence electrons. The number of carbonyl (C=O) groups excluding carboxylic acids is 3. The van der Waals surface area contributed by atoms with Crippen molar-refractivity contribution in [2.45, 2.75) is 17.7 Å². The molecular formula is C20H17BrN2O4S. The topological polar surface area (TPSA) is 96.3 Å². The highest BCUT2D eigenvalue weighted by Gasteiger charge is 2.13. The number of nitrogens with zero attached hydrogens (tertiary/aromatic N) is 1. The van der Waals surface area contributed by atoms with Crippen molar-refractivity contribution in [2.75, 3.05) is 17.7 Å². The molecule has 0 aromatic heterocycles. The number of halogens is 1. The van der Waals surface area contributed by atoms with Crippen LogP contribution in [-0.4, -0.2) is 30.0 Å². The number of rotatable bonds is 9. The monoisotopic (exact) mass is 460 g/mol. The van der Waals surface area contributed by atoms with E-state index in [1.54, 1.807) is 48.5 Å². The van der Waals surface area contributed by atoms with Crippen LogP contribution in [0.5, 0.6) is 0 Å². The Labute approximate surface area is 175 Å². The molecule has 0 aliphatic carbocycles. The molecule has 0 radical (unpaired) electrons. The van der Waals surface area contributed by atoms with Crippen molar-refractivity contribution in [1.82, 2.24) is 0 Å². The van der Waals surface area contributed by atoms with Gasteiger partial charge in [-0.05, 0) is 24.3 Å². The summed E-state index contributed by atoms with van der Waals surface area (Å²) in [5.41, 5.74) is 1.06. The molecule has 0 unspecified atom stereocenters. The van der Waals surface area contributed by atoms with Gasteiger partial charge in [0, 0.05) is 21.4 Å². The summed E-state index contributed by atoms with van der Waals surface area (Å²) in [6.45, 7) is -0.442. The third-order valence-corrected chi connectivity index (χ3v) is 5.01. The first-order chi connectivity index (χ1) is 13.5. The maximum atomic E-state index is 12.0. The first-order valence-corrected chi connectivity index (χ1v) is 10.1. The van der Waals surface area contributed by atoms with Crippen molar-refractivity contribution in [3.8, 4) is 6.07 Å². The number of Topliss-reactive ketones (excluding diaryl/α,β-unsaturated/α-hetero) is 1. The van der Waals surface area contributed by atoms with Crippen molar-refractivity contribution in [3.05, 3.63) is 58.6 Å². The number of ether oxygens (including phenoxy) is 1. The van der Waals surface area contributed by atoms with Gasteiger partial charge in [-0.3, -0.25) is 14.4 Å². The van der Waals surface area contributed by atoms with E-state index in [1.165, 1.54) is 11.8 Å². The summed E-state index contributed by atoms with van der Waals surface area (Å²) >= 11 is 4.59. The Hall–Kier alpha value is -2.63. The Balaban J connectivity index is 1.77. The van der Waals surface area contributed by atoms with Crippen LogP contribution in [0.25, 0.3) is 0 Å². The van der Waals surface area contributed by atoms with Crippen LogP contribution in [-0.2, 0) is 14.3 Å². The highest BCUT2D eigenvalue weighted by Crippen LogP contribution is 2.26. The molecule has 2 aromatic carbocycles. The zero-order valence-electron chi connectivity index (χ0n) is 14.8. The predicted molar refractivity (Wildman–Crippen MR) is 110 cm³/mol. The summed E-state index contributed by atoms with van der Waals surface area (Å²) < 4.78 is 5.80. The third-order valence-electron chi connectivity index (χ3n) is 3.54. The second-order valence-corrected chi connectivity index (χ2v) is 7.51. The minimum absolute atomic E-state index is 0.00964. The number of hydrogen-bond donors (Lipinski definition) is 1. The zero-order valence-corrected chi connectivity index (χ0v) is 17.2. The molecule has 1 N–H and O–H groups in total. The summed E-state index contributed by atoms with van der Waals surface area (Å²) in [5, 5.41) is 11.3. The summed E-state index contributed by atoms with van der Waals surface area (Å²) in [6.07, 6.45) is -0.0908. The molecule has 0 bridgehead atoms. The number of ketones is 1. The lowest BCUT2D eigenvalue weighted by molar-refractivity contribution is -0.147. The highest BCUT2D eigenvalue weighted by atomic mass is 79.9. The lowest BCUT2D eigenvalue weighted by Gasteiger charge is -2.10. The third kappa shape index (κ3) is 7.18. The van der Waals surface area contributed by atoms with Crippen LogP contribution in [0.4, 0.5) is 5.69 Å². The Kier molecular flexibility index (Phi) is 8.72. The highest BCUT2D eigenvalue weighted by molar-refractivity contribution is 9.10. The number of thioether (sulfide) groups is 1. The molecule has 0 saturated carbocycles. The smallest absolute Gasteiger partial charge is 0.306 e. The number of nitriles is 1. The number of nitrogens with one attached hydrogen (secondary N) is 1. The fourth-order valence-corrected chi connectivity index (χ4v) is 3.14.